The summed E-state index contributed by atoms with van der Waals surface area (Å²) in [4.78, 5) is 24.7. The molecule has 176 valence electrons. The Morgan fingerprint density at radius 3 is 2.20 bits per heavy atom. The highest BCUT2D eigenvalue weighted by atomic mass is 32.1. The summed E-state index contributed by atoms with van der Waals surface area (Å²) in [7, 11) is 0. The number of para-hydroxylation sites is 1. The van der Waals surface area contributed by atoms with Crippen LogP contribution < -0.4 is 16.0 Å². The number of carbonyl (C=O) groups is 2. The Morgan fingerprint density at radius 1 is 0.886 bits per heavy atom. The molecule has 0 atom stereocenters. The summed E-state index contributed by atoms with van der Waals surface area (Å²) in [5, 5.41) is 9.42. The van der Waals surface area contributed by atoms with Crippen LogP contribution in [-0.2, 0) is 4.79 Å². The molecular formula is C28H25N3O3S. The van der Waals surface area contributed by atoms with Gasteiger partial charge in [-0.3, -0.25) is 14.9 Å². The number of benzene rings is 3. The maximum atomic E-state index is 12.5. The molecule has 0 saturated carbocycles. The molecule has 4 aromatic rings. The fraction of sp³-hybridized carbons (Fsp3) is 0.107. The smallest absolute Gasteiger partial charge is 0.291 e. The van der Waals surface area contributed by atoms with Crippen molar-refractivity contribution in [3.05, 3.63) is 102 Å². The topological polar surface area (TPSA) is 83.4 Å². The molecular weight excluding hydrogens is 458 g/mol. The summed E-state index contributed by atoms with van der Waals surface area (Å²) >= 11 is 5.23. The van der Waals surface area contributed by atoms with Gasteiger partial charge in [0.1, 0.15) is 5.58 Å². The number of anilines is 2. The first-order valence-corrected chi connectivity index (χ1v) is 11.6. The number of thiocarbonyl (C=S) groups is 1. The summed E-state index contributed by atoms with van der Waals surface area (Å²) in [5.41, 5.74) is 4.11. The number of carbonyl (C=O) groups excluding carboxylic acids is 2. The number of furan rings is 1. The predicted octanol–water partition coefficient (Wildman–Crippen LogP) is 6.33. The summed E-state index contributed by atoms with van der Waals surface area (Å²) in [5.74, 6) is 0.0309. The number of amides is 2. The van der Waals surface area contributed by atoms with E-state index in [2.05, 4.69) is 41.9 Å². The van der Waals surface area contributed by atoms with Crippen LogP contribution in [0.2, 0.25) is 0 Å². The zero-order valence-electron chi connectivity index (χ0n) is 19.4. The summed E-state index contributed by atoms with van der Waals surface area (Å²) in [6.45, 7) is 4.27. The molecule has 1 aromatic heterocycles. The summed E-state index contributed by atoms with van der Waals surface area (Å²) in [6, 6.07) is 24.2. The Hall–Kier alpha value is -4.23. The van der Waals surface area contributed by atoms with Gasteiger partial charge in [-0.25, -0.2) is 0 Å². The van der Waals surface area contributed by atoms with Crippen molar-refractivity contribution in [3.63, 3.8) is 0 Å². The van der Waals surface area contributed by atoms with Crippen molar-refractivity contribution in [2.75, 3.05) is 10.6 Å². The highest BCUT2D eigenvalue weighted by molar-refractivity contribution is 7.80. The Balaban J connectivity index is 1.28. The highest BCUT2D eigenvalue weighted by Crippen LogP contribution is 2.21. The molecule has 0 aliphatic carbocycles. The van der Waals surface area contributed by atoms with Crippen LogP contribution in [0.4, 0.5) is 11.4 Å². The van der Waals surface area contributed by atoms with Gasteiger partial charge in [-0.2, -0.15) is 0 Å². The average Bonchev–Trinajstić information content (AvgIpc) is 3.29. The Morgan fingerprint density at radius 2 is 1.54 bits per heavy atom. The summed E-state index contributed by atoms with van der Waals surface area (Å²) in [6.07, 6.45) is 3.18. The SMILES string of the molecule is CC(C)c1ccc(/C=C/C(=O)NC(=S)Nc2ccc(NC(=O)c3cc4ccccc4o3)cc2)cc1. The molecule has 7 heteroatoms. The van der Waals surface area contributed by atoms with Crippen molar-refractivity contribution in [1.82, 2.24) is 5.32 Å². The molecule has 0 spiro atoms. The molecule has 2 amide bonds. The Kier molecular flexibility index (Phi) is 7.38. The van der Waals surface area contributed by atoms with E-state index in [9.17, 15) is 9.59 Å². The van der Waals surface area contributed by atoms with Crippen LogP contribution in [0.3, 0.4) is 0 Å². The maximum Gasteiger partial charge on any atom is 0.291 e. The lowest BCUT2D eigenvalue weighted by atomic mass is 10.0. The zero-order chi connectivity index (χ0) is 24.8. The molecule has 0 saturated heterocycles. The predicted molar refractivity (Wildman–Crippen MR) is 145 cm³/mol. The second kappa shape index (κ2) is 10.8. The first kappa shape index (κ1) is 23.9. The quantitative estimate of drug-likeness (QED) is 0.220. The minimum absolute atomic E-state index is 0.175. The molecule has 3 aromatic carbocycles. The van der Waals surface area contributed by atoms with Crippen LogP contribution in [0.5, 0.6) is 0 Å². The number of hydrogen-bond donors (Lipinski definition) is 3. The number of nitrogens with one attached hydrogen (secondary N) is 3. The van der Waals surface area contributed by atoms with E-state index in [1.807, 2.05) is 36.4 Å². The van der Waals surface area contributed by atoms with Crippen molar-refractivity contribution in [3.8, 4) is 0 Å². The Labute approximate surface area is 209 Å². The molecule has 1 heterocycles. The largest absolute Gasteiger partial charge is 0.451 e. The van der Waals surface area contributed by atoms with Crippen LogP contribution in [0, 0.1) is 0 Å². The van der Waals surface area contributed by atoms with Crippen molar-refractivity contribution in [2.45, 2.75) is 19.8 Å². The number of hydrogen-bond acceptors (Lipinski definition) is 4. The van der Waals surface area contributed by atoms with Gasteiger partial charge in [0.2, 0.25) is 5.91 Å². The van der Waals surface area contributed by atoms with Crippen LogP contribution >= 0.6 is 12.2 Å². The van der Waals surface area contributed by atoms with Crippen molar-refractivity contribution < 1.29 is 14.0 Å². The van der Waals surface area contributed by atoms with E-state index < -0.39 is 0 Å². The van der Waals surface area contributed by atoms with Gasteiger partial charge in [-0.05, 0) is 71.7 Å². The minimum Gasteiger partial charge on any atom is -0.451 e. The standard InChI is InChI=1S/C28H25N3O3S/c1-18(2)20-10-7-19(8-11-20)9-16-26(32)31-28(35)30-23-14-12-22(13-15-23)29-27(33)25-17-21-5-3-4-6-24(21)34-25/h3-18H,1-2H3,(H,29,33)(H2,30,31,32,35)/b16-9+. The molecule has 0 unspecified atom stereocenters. The third-order valence-electron chi connectivity index (χ3n) is 5.32. The van der Waals surface area contributed by atoms with E-state index in [1.54, 1.807) is 36.4 Å². The van der Waals surface area contributed by atoms with E-state index in [0.717, 1.165) is 10.9 Å². The van der Waals surface area contributed by atoms with Crippen LogP contribution in [0.15, 0.2) is 89.4 Å². The van der Waals surface area contributed by atoms with Crippen molar-refractivity contribution >= 4 is 57.6 Å². The molecule has 0 aliphatic rings. The normalized spacial score (nSPS) is 11.1. The van der Waals surface area contributed by atoms with Crippen LogP contribution in [-0.4, -0.2) is 16.9 Å². The first-order chi connectivity index (χ1) is 16.9. The lowest BCUT2D eigenvalue weighted by Gasteiger charge is -2.09. The van der Waals surface area contributed by atoms with Gasteiger partial charge in [-0.15, -0.1) is 0 Å². The van der Waals surface area contributed by atoms with Crippen molar-refractivity contribution in [2.24, 2.45) is 0 Å². The average molecular weight is 484 g/mol. The molecule has 0 bridgehead atoms. The number of rotatable bonds is 6. The van der Waals surface area contributed by atoms with Gasteiger partial charge in [-0.1, -0.05) is 56.3 Å². The molecule has 0 fully saturated rings. The van der Waals surface area contributed by atoms with E-state index in [-0.39, 0.29) is 22.7 Å². The second-order valence-corrected chi connectivity index (χ2v) is 8.69. The zero-order valence-corrected chi connectivity index (χ0v) is 20.2. The molecule has 0 aliphatic heterocycles. The fourth-order valence-corrected chi connectivity index (χ4v) is 3.62. The molecule has 4 rings (SSSR count). The van der Waals surface area contributed by atoms with Gasteiger partial charge < -0.3 is 15.1 Å². The van der Waals surface area contributed by atoms with E-state index in [0.29, 0.717) is 22.9 Å². The van der Waals surface area contributed by atoms with Gasteiger partial charge in [0.25, 0.3) is 5.91 Å². The third-order valence-corrected chi connectivity index (χ3v) is 5.52. The molecule has 6 nitrogen and oxygen atoms in total. The lowest BCUT2D eigenvalue weighted by Crippen LogP contribution is -2.32. The maximum absolute atomic E-state index is 12.5. The van der Waals surface area contributed by atoms with Gasteiger partial charge >= 0.3 is 0 Å². The van der Waals surface area contributed by atoms with Gasteiger partial charge in [0.05, 0.1) is 0 Å². The van der Waals surface area contributed by atoms with Crippen LogP contribution in [0.1, 0.15) is 41.4 Å². The molecule has 3 N–H and O–H groups in total. The Bertz CT molecular complexity index is 1350. The first-order valence-electron chi connectivity index (χ1n) is 11.2. The van der Waals surface area contributed by atoms with Crippen molar-refractivity contribution in [1.29, 1.82) is 0 Å². The molecule has 35 heavy (non-hydrogen) atoms. The monoisotopic (exact) mass is 483 g/mol. The van der Waals surface area contributed by atoms with E-state index in [1.165, 1.54) is 11.6 Å². The van der Waals surface area contributed by atoms with Gasteiger partial charge in [0.15, 0.2) is 10.9 Å². The number of fused-ring (bicyclic) bond motifs is 1. The van der Waals surface area contributed by atoms with Gasteiger partial charge in [0, 0.05) is 22.8 Å². The highest BCUT2D eigenvalue weighted by Gasteiger charge is 2.12. The second-order valence-electron chi connectivity index (χ2n) is 8.28. The van der Waals surface area contributed by atoms with Crippen LogP contribution in [0.25, 0.3) is 17.0 Å². The minimum atomic E-state index is -0.338. The van der Waals surface area contributed by atoms with E-state index >= 15 is 0 Å². The third kappa shape index (κ3) is 6.43. The molecule has 0 radical (unpaired) electrons. The fourth-order valence-electron chi connectivity index (χ4n) is 3.40. The summed E-state index contributed by atoms with van der Waals surface area (Å²) < 4.78 is 5.59. The van der Waals surface area contributed by atoms with E-state index in [4.69, 9.17) is 16.6 Å². The lowest BCUT2D eigenvalue weighted by molar-refractivity contribution is -0.115.